The van der Waals surface area contributed by atoms with E-state index in [4.69, 9.17) is 0 Å². The minimum atomic E-state index is -0.548. The molecule has 0 unspecified atom stereocenters. The molecule has 0 atom stereocenters. The Balaban J connectivity index is 1.82. The second-order valence-electron chi connectivity index (χ2n) is 5.24. The van der Waals surface area contributed by atoms with E-state index in [1.165, 1.54) is 12.3 Å². The highest BCUT2D eigenvalue weighted by atomic mass is 79.9. The van der Waals surface area contributed by atoms with Gasteiger partial charge >= 0.3 is 0 Å². The second kappa shape index (κ2) is 7.25. The zero-order valence-electron chi connectivity index (χ0n) is 12.7. The third-order valence-electron chi connectivity index (χ3n) is 3.54. The Morgan fingerprint density at radius 1 is 1.04 bits per heavy atom. The summed E-state index contributed by atoms with van der Waals surface area (Å²) in [6, 6.07) is 13.9. The molecule has 5 nitrogen and oxygen atoms in total. The van der Waals surface area contributed by atoms with Crippen LogP contribution in [0.2, 0.25) is 0 Å². The van der Waals surface area contributed by atoms with Gasteiger partial charge in [0.25, 0.3) is 5.91 Å². The number of hydrogen-bond donors (Lipinski definition) is 3. The van der Waals surface area contributed by atoms with Crippen molar-refractivity contribution in [3.8, 4) is 11.5 Å². The van der Waals surface area contributed by atoms with Crippen molar-refractivity contribution in [2.45, 2.75) is 0 Å². The van der Waals surface area contributed by atoms with Crippen molar-refractivity contribution in [3.63, 3.8) is 0 Å². The van der Waals surface area contributed by atoms with Crippen LogP contribution in [0.4, 0.5) is 0 Å². The molecule has 0 aliphatic heterocycles. The lowest BCUT2D eigenvalue weighted by Crippen LogP contribution is -2.17. The maximum absolute atomic E-state index is 12.3. The molecule has 3 N–H and O–H groups in total. The summed E-state index contributed by atoms with van der Waals surface area (Å²) in [4.78, 5) is 12.3. The van der Waals surface area contributed by atoms with Crippen LogP contribution in [0.5, 0.6) is 11.5 Å². The van der Waals surface area contributed by atoms with Crippen molar-refractivity contribution in [3.05, 3.63) is 68.6 Å². The van der Waals surface area contributed by atoms with E-state index in [9.17, 15) is 15.0 Å². The molecule has 0 aliphatic carbocycles. The second-order valence-corrected chi connectivity index (χ2v) is 7.01. The first-order chi connectivity index (χ1) is 12.0. The van der Waals surface area contributed by atoms with Crippen LogP contribution in [0, 0.1) is 0 Å². The average Bonchev–Trinajstić information content (AvgIpc) is 2.58. The number of benzene rings is 3. The van der Waals surface area contributed by atoms with Gasteiger partial charge in [0.05, 0.1) is 16.3 Å². The first kappa shape index (κ1) is 17.4. The van der Waals surface area contributed by atoms with E-state index in [1.54, 1.807) is 18.2 Å². The Labute approximate surface area is 160 Å². The van der Waals surface area contributed by atoms with E-state index < -0.39 is 5.91 Å². The summed E-state index contributed by atoms with van der Waals surface area (Å²) in [5.41, 5.74) is 2.89. The normalized spacial score (nSPS) is 11.1. The number of phenolic OH excluding ortho intramolecular Hbond substituents is 2. The highest BCUT2D eigenvalue weighted by Crippen LogP contribution is 2.30. The van der Waals surface area contributed by atoms with E-state index in [2.05, 4.69) is 42.4 Å². The summed E-state index contributed by atoms with van der Waals surface area (Å²) in [6.07, 6.45) is 1.32. The van der Waals surface area contributed by atoms with Crippen LogP contribution in [0.1, 0.15) is 15.9 Å². The fourth-order valence-electron chi connectivity index (χ4n) is 2.32. The molecule has 0 aromatic heterocycles. The largest absolute Gasteiger partial charge is 0.507 e. The van der Waals surface area contributed by atoms with Gasteiger partial charge in [-0.25, -0.2) is 5.43 Å². The van der Waals surface area contributed by atoms with E-state index >= 15 is 0 Å². The molecular weight excluding hydrogens is 452 g/mol. The van der Waals surface area contributed by atoms with Gasteiger partial charge in [-0.15, -0.1) is 0 Å². The van der Waals surface area contributed by atoms with Crippen LogP contribution in [0.25, 0.3) is 10.8 Å². The summed E-state index contributed by atoms with van der Waals surface area (Å²) in [7, 11) is 0. The number of carbonyl (C=O) groups is 1. The average molecular weight is 464 g/mol. The molecule has 0 bridgehead atoms. The van der Waals surface area contributed by atoms with Crippen LogP contribution in [0.15, 0.2) is 62.6 Å². The van der Waals surface area contributed by atoms with Crippen LogP contribution in [-0.2, 0) is 0 Å². The van der Waals surface area contributed by atoms with Crippen molar-refractivity contribution >= 4 is 54.8 Å². The Morgan fingerprint density at radius 2 is 1.72 bits per heavy atom. The molecule has 0 aliphatic rings. The minimum absolute atomic E-state index is 0.00903. The van der Waals surface area contributed by atoms with Gasteiger partial charge in [-0.05, 0) is 51.0 Å². The number of fused-ring (bicyclic) bond motifs is 1. The first-order valence-corrected chi connectivity index (χ1v) is 8.77. The van der Waals surface area contributed by atoms with Crippen molar-refractivity contribution in [2.75, 3.05) is 0 Å². The molecule has 0 saturated heterocycles. The van der Waals surface area contributed by atoms with Crippen molar-refractivity contribution in [1.82, 2.24) is 5.43 Å². The smallest absolute Gasteiger partial charge is 0.275 e. The Hall–Kier alpha value is -2.38. The first-order valence-electron chi connectivity index (χ1n) is 7.19. The minimum Gasteiger partial charge on any atom is -0.507 e. The van der Waals surface area contributed by atoms with Crippen LogP contribution in [-0.4, -0.2) is 22.3 Å². The van der Waals surface area contributed by atoms with Gasteiger partial charge in [0.15, 0.2) is 0 Å². The number of nitrogens with one attached hydrogen (secondary N) is 1. The van der Waals surface area contributed by atoms with E-state index in [-0.39, 0.29) is 17.1 Å². The standard InChI is InChI=1S/C18H12Br2N2O3/c19-13-5-12(17(24)15(20)8-13)9-21-22-18(25)14-6-10-3-1-2-4-11(10)7-16(14)23/h1-9,23-24H,(H,22,25). The van der Waals surface area contributed by atoms with E-state index in [0.29, 0.717) is 10.0 Å². The lowest BCUT2D eigenvalue weighted by Gasteiger charge is -2.06. The fourth-order valence-corrected chi connectivity index (χ4v) is 3.57. The van der Waals surface area contributed by atoms with Gasteiger partial charge in [-0.3, -0.25) is 4.79 Å². The van der Waals surface area contributed by atoms with Crippen LogP contribution in [0.3, 0.4) is 0 Å². The van der Waals surface area contributed by atoms with Crippen LogP contribution < -0.4 is 5.43 Å². The predicted molar refractivity (Wildman–Crippen MR) is 104 cm³/mol. The van der Waals surface area contributed by atoms with Crippen LogP contribution >= 0.6 is 31.9 Å². The number of aromatic hydroxyl groups is 2. The molecule has 3 aromatic rings. The third kappa shape index (κ3) is 3.83. The summed E-state index contributed by atoms with van der Waals surface area (Å²) in [5, 5.41) is 25.5. The molecule has 126 valence electrons. The molecule has 0 spiro atoms. The molecule has 0 saturated carbocycles. The predicted octanol–water partition coefficient (Wildman–Crippen LogP) is 4.54. The monoisotopic (exact) mass is 462 g/mol. The van der Waals surface area contributed by atoms with Crippen molar-refractivity contribution in [2.24, 2.45) is 5.10 Å². The zero-order chi connectivity index (χ0) is 18.0. The van der Waals surface area contributed by atoms with Gasteiger partial charge in [0.2, 0.25) is 0 Å². The molecule has 0 fully saturated rings. The quantitative estimate of drug-likeness (QED) is 0.394. The number of hydrogen-bond acceptors (Lipinski definition) is 4. The van der Waals surface area contributed by atoms with Gasteiger partial charge in [-0.2, -0.15) is 5.10 Å². The molecule has 1 amide bonds. The van der Waals surface area contributed by atoms with E-state index in [0.717, 1.165) is 15.2 Å². The van der Waals surface area contributed by atoms with Crippen molar-refractivity contribution < 1.29 is 15.0 Å². The Kier molecular flexibility index (Phi) is 5.06. The fraction of sp³-hybridized carbons (Fsp3) is 0. The molecule has 3 rings (SSSR count). The number of phenols is 2. The molecule has 25 heavy (non-hydrogen) atoms. The van der Waals surface area contributed by atoms with Gasteiger partial charge in [0, 0.05) is 10.0 Å². The third-order valence-corrected chi connectivity index (χ3v) is 4.60. The summed E-state index contributed by atoms with van der Waals surface area (Å²) < 4.78 is 1.25. The Morgan fingerprint density at radius 3 is 2.44 bits per heavy atom. The Bertz CT molecular complexity index is 1000. The molecule has 3 aromatic carbocycles. The van der Waals surface area contributed by atoms with Gasteiger partial charge in [0.1, 0.15) is 11.5 Å². The zero-order valence-corrected chi connectivity index (χ0v) is 15.9. The van der Waals surface area contributed by atoms with Gasteiger partial charge < -0.3 is 10.2 Å². The SMILES string of the molecule is O=C(NN=Cc1cc(Br)cc(Br)c1O)c1cc2ccccc2cc1O. The topological polar surface area (TPSA) is 81.9 Å². The maximum atomic E-state index is 12.3. The number of halogens is 2. The molecule has 7 heteroatoms. The van der Waals surface area contributed by atoms with Gasteiger partial charge in [-0.1, -0.05) is 40.2 Å². The molecule has 0 radical (unpaired) electrons. The maximum Gasteiger partial charge on any atom is 0.275 e. The highest BCUT2D eigenvalue weighted by Gasteiger charge is 2.12. The number of nitrogens with zero attached hydrogens (tertiary/aromatic N) is 1. The van der Waals surface area contributed by atoms with E-state index in [1.807, 2.05) is 24.3 Å². The lowest BCUT2D eigenvalue weighted by atomic mass is 10.1. The lowest BCUT2D eigenvalue weighted by molar-refractivity contribution is 0.0952. The summed E-state index contributed by atoms with van der Waals surface area (Å²) >= 11 is 6.54. The summed E-state index contributed by atoms with van der Waals surface area (Å²) in [6.45, 7) is 0. The number of rotatable bonds is 3. The number of carbonyl (C=O) groups excluding carboxylic acids is 1. The number of amides is 1. The highest BCUT2D eigenvalue weighted by molar-refractivity contribution is 9.11. The number of hydrazone groups is 1. The molecule has 0 heterocycles. The van der Waals surface area contributed by atoms with Crippen molar-refractivity contribution in [1.29, 1.82) is 0 Å². The summed E-state index contributed by atoms with van der Waals surface area (Å²) in [5.74, 6) is -0.665. The molecular formula is C18H12Br2N2O3.